The van der Waals surface area contributed by atoms with Gasteiger partial charge in [0.1, 0.15) is 0 Å². The Balaban J connectivity index is 1.85. The summed E-state index contributed by atoms with van der Waals surface area (Å²) in [6.45, 7) is 6.11. The van der Waals surface area contributed by atoms with Gasteiger partial charge in [0.05, 0.1) is 5.25 Å². The molecule has 4 nitrogen and oxygen atoms in total. The van der Waals surface area contributed by atoms with Crippen LogP contribution in [0.15, 0.2) is 65.5 Å². The molecule has 0 radical (unpaired) electrons. The number of likely N-dealkylation sites (N-methyl/N-ethyl adjacent to an activating group) is 1. The van der Waals surface area contributed by atoms with Gasteiger partial charge in [-0.3, -0.25) is 4.79 Å². The summed E-state index contributed by atoms with van der Waals surface area (Å²) in [4.78, 5) is 14.8. The van der Waals surface area contributed by atoms with Gasteiger partial charge in [0, 0.05) is 42.1 Å². The monoisotopic (exact) mass is 354 g/mol. The van der Waals surface area contributed by atoms with Crippen LogP contribution in [0.1, 0.15) is 26.3 Å². The molecule has 0 saturated heterocycles. The van der Waals surface area contributed by atoms with Crippen molar-refractivity contribution in [2.75, 3.05) is 11.9 Å². The number of nitrogens with zero attached hydrogens (tertiary/aromatic N) is 2. The van der Waals surface area contributed by atoms with E-state index < -0.39 is 0 Å². The first-order valence-electron chi connectivity index (χ1n) is 8.26. The summed E-state index contributed by atoms with van der Waals surface area (Å²) < 4.78 is 0.795. The predicted octanol–water partition coefficient (Wildman–Crippen LogP) is 3.68. The van der Waals surface area contributed by atoms with Gasteiger partial charge in [-0.05, 0) is 36.4 Å². The van der Waals surface area contributed by atoms with Crippen LogP contribution in [0.2, 0.25) is 0 Å². The topological polar surface area (TPSA) is 47.2 Å². The number of hydrogen-bond acceptors (Lipinski definition) is 4. The summed E-state index contributed by atoms with van der Waals surface area (Å²) in [5.41, 5.74) is 3.11. The molecule has 0 N–H and O–H groups in total. The number of allylic oxidation sites excluding steroid dienone is 2. The SMILES string of the molecule is C[C@H](Sc1cccc[n+]1[O-])C(=O)/C=C1\N(C)c2ccccc2C1(C)C. The van der Waals surface area contributed by atoms with Gasteiger partial charge in [0.25, 0.3) is 5.03 Å². The highest BCUT2D eigenvalue weighted by atomic mass is 32.2. The Bertz CT molecular complexity index is 845. The van der Waals surface area contributed by atoms with Crippen LogP contribution in [-0.2, 0) is 10.2 Å². The van der Waals surface area contributed by atoms with Crippen LogP contribution in [0.3, 0.4) is 0 Å². The molecule has 0 bridgehead atoms. The zero-order valence-corrected chi connectivity index (χ0v) is 15.7. The van der Waals surface area contributed by atoms with E-state index in [-0.39, 0.29) is 16.4 Å². The molecule has 0 spiro atoms. The Kier molecular flexibility index (Phi) is 4.60. The van der Waals surface area contributed by atoms with Crippen LogP contribution in [0.5, 0.6) is 0 Å². The molecule has 0 aliphatic carbocycles. The van der Waals surface area contributed by atoms with Crippen molar-refractivity contribution in [1.29, 1.82) is 0 Å². The molecule has 0 fully saturated rings. The maximum Gasteiger partial charge on any atom is 0.252 e. The fraction of sp³-hybridized carbons (Fsp3) is 0.300. The van der Waals surface area contributed by atoms with Crippen LogP contribution in [-0.4, -0.2) is 18.1 Å². The Hall–Kier alpha value is -2.27. The molecule has 3 rings (SSSR count). The van der Waals surface area contributed by atoms with Crippen LogP contribution in [0.4, 0.5) is 5.69 Å². The number of carbonyl (C=O) groups excluding carboxylic acids is 1. The van der Waals surface area contributed by atoms with E-state index in [2.05, 4.69) is 30.9 Å². The van der Waals surface area contributed by atoms with Gasteiger partial charge in [-0.2, -0.15) is 4.73 Å². The molecule has 0 saturated carbocycles. The number of benzene rings is 1. The number of rotatable bonds is 4. The number of para-hydroxylation sites is 1. The van der Waals surface area contributed by atoms with Gasteiger partial charge < -0.3 is 10.1 Å². The number of aromatic nitrogens is 1. The predicted molar refractivity (Wildman–Crippen MR) is 102 cm³/mol. The minimum Gasteiger partial charge on any atom is -0.618 e. The highest BCUT2D eigenvalue weighted by Gasteiger charge is 2.38. The second kappa shape index (κ2) is 6.56. The molecule has 130 valence electrons. The van der Waals surface area contributed by atoms with Gasteiger partial charge in [0.2, 0.25) is 0 Å². The summed E-state index contributed by atoms with van der Waals surface area (Å²) in [6.07, 6.45) is 3.18. The lowest BCUT2D eigenvalue weighted by Gasteiger charge is -2.24. The molecule has 1 aliphatic rings. The molecular weight excluding hydrogens is 332 g/mol. The van der Waals surface area contributed by atoms with Crippen LogP contribution in [0.25, 0.3) is 0 Å². The van der Waals surface area contributed by atoms with E-state index >= 15 is 0 Å². The second-order valence-corrected chi connectivity index (χ2v) is 8.12. The fourth-order valence-corrected chi connectivity index (χ4v) is 4.12. The average molecular weight is 354 g/mol. The van der Waals surface area contributed by atoms with E-state index in [4.69, 9.17) is 0 Å². The van der Waals surface area contributed by atoms with E-state index in [0.29, 0.717) is 5.03 Å². The molecule has 0 unspecified atom stereocenters. The summed E-state index contributed by atoms with van der Waals surface area (Å²) in [6, 6.07) is 13.4. The molecule has 25 heavy (non-hydrogen) atoms. The van der Waals surface area contributed by atoms with Gasteiger partial charge in [-0.1, -0.05) is 32.0 Å². The Labute approximate surface area is 152 Å². The summed E-state index contributed by atoms with van der Waals surface area (Å²) in [5.74, 6) is 0.0107. The maximum absolute atomic E-state index is 12.8. The zero-order chi connectivity index (χ0) is 18.2. The number of thioether (sulfide) groups is 1. The highest BCUT2D eigenvalue weighted by molar-refractivity contribution is 8.00. The molecule has 2 heterocycles. The Morgan fingerprint density at radius 1 is 1.24 bits per heavy atom. The lowest BCUT2D eigenvalue weighted by molar-refractivity contribution is -0.645. The molecule has 2 aromatic rings. The van der Waals surface area contributed by atoms with Crippen LogP contribution >= 0.6 is 11.8 Å². The molecule has 1 aromatic heterocycles. The molecule has 1 atom stereocenters. The minimum absolute atomic E-state index is 0.0107. The van der Waals surface area contributed by atoms with Crippen LogP contribution in [0, 0.1) is 5.21 Å². The summed E-state index contributed by atoms with van der Waals surface area (Å²) >= 11 is 1.28. The molecule has 5 heteroatoms. The lowest BCUT2D eigenvalue weighted by Crippen LogP contribution is -2.29. The van der Waals surface area contributed by atoms with Crippen molar-refractivity contribution in [2.45, 2.75) is 36.5 Å². The van der Waals surface area contributed by atoms with E-state index in [9.17, 15) is 10.0 Å². The van der Waals surface area contributed by atoms with E-state index in [0.717, 1.165) is 16.1 Å². The molecular formula is C20H22N2O2S. The van der Waals surface area contributed by atoms with Crippen molar-refractivity contribution in [3.05, 3.63) is 71.2 Å². The fourth-order valence-electron chi connectivity index (χ4n) is 3.25. The van der Waals surface area contributed by atoms with Crippen molar-refractivity contribution in [3.63, 3.8) is 0 Å². The normalized spacial score (nSPS) is 18.2. The van der Waals surface area contributed by atoms with Crippen molar-refractivity contribution < 1.29 is 9.52 Å². The van der Waals surface area contributed by atoms with Gasteiger partial charge >= 0.3 is 0 Å². The quantitative estimate of drug-likeness (QED) is 0.364. The number of ketones is 1. The number of fused-ring (bicyclic) bond motifs is 1. The first-order chi connectivity index (χ1) is 11.8. The van der Waals surface area contributed by atoms with Crippen molar-refractivity contribution in [1.82, 2.24) is 0 Å². The van der Waals surface area contributed by atoms with Crippen molar-refractivity contribution >= 4 is 23.2 Å². The molecule has 0 amide bonds. The average Bonchev–Trinajstić information content (AvgIpc) is 2.78. The first-order valence-corrected chi connectivity index (χ1v) is 9.14. The number of pyridine rings is 1. The zero-order valence-electron chi connectivity index (χ0n) is 14.9. The standard InChI is InChI=1S/C20H22N2O2S/c1-14(25-19-11-7-8-12-22(19)24)17(23)13-18-20(2,3)15-9-5-6-10-16(15)21(18)4/h5-14H,1-4H3/b18-13-/t14-/m0/s1. The largest absolute Gasteiger partial charge is 0.618 e. The maximum atomic E-state index is 12.8. The second-order valence-electron chi connectivity index (χ2n) is 6.76. The Morgan fingerprint density at radius 2 is 1.92 bits per heavy atom. The molecule has 1 aromatic carbocycles. The first kappa shape index (κ1) is 17.5. The third kappa shape index (κ3) is 3.16. The highest BCUT2D eigenvalue weighted by Crippen LogP contribution is 2.46. The third-order valence-corrected chi connectivity index (χ3v) is 5.85. The number of hydrogen-bond donors (Lipinski definition) is 0. The van der Waals surface area contributed by atoms with Crippen LogP contribution < -0.4 is 9.63 Å². The Morgan fingerprint density at radius 3 is 2.60 bits per heavy atom. The summed E-state index contributed by atoms with van der Waals surface area (Å²) in [5, 5.41) is 12.0. The number of anilines is 1. The van der Waals surface area contributed by atoms with Gasteiger partial charge in [-0.25, -0.2) is 0 Å². The van der Waals surface area contributed by atoms with Gasteiger partial charge in [-0.15, -0.1) is 0 Å². The summed E-state index contributed by atoms with van der Waals surface area (Å²) in [7, 11) is 1.99. The minimum atomic E-state index is -0.331. The third-order valence-electron chi connectivity index (χ3n) is 4.71. The van der Waals surface area contributed by atoms with Crippen molar-refractivity contribution in [2.24, 2.45) is 0 Å². The van der Waals surface area contributed by atoms with E-state index in [1.165, 1.54) is 23.5 Å². The molecule has 1 aliphatic heterocycles. The van der Waals surface area contributed by atoms with E-state index in [1.54, 1.807) is 24.3 Å². The van der Waals surface area contributed by atoms with Crippen molar-refractivity contribution in [3.8, 4) is 0 Å². The number of carbonyl (C=O) groups is 1. The lowest BCUT2D eigenvalue weighted by atomic mass is 9.83. The van der Waals surface area contributed by atoms with E-state index in [1.807, 2.05) is 26.1 Å². The smallest absolute Gasteiger partial charge is 0.252 e. The van der Waals surface area contributed by atoms with Gasteiger partial charge in [0.15, 0.2) is 12.0 Å².